The molecule has 0 amide bonds. The van der Waals surface area contributed by atoms with Crippen molar-refractivity contribution >= 4 is 5.97 Å². The van der Waals surface area contributed by atoms with E-state index in [1.165, 1.54) is 0 Å². The van der Waals surface area contributed by atoms with Crippen molar-refractivity contribution in [2.75, 3.05) is 53.3 Å². The topological polar surface area (TPSA) is 89.2 Å². The van der Waals surface area contributed by atoms with E-state index in [2.05, 4.69) is 0 Å². The molecule has 2 atom stereocenters. The van der Waals surface area contributed by atoms with Crippen LogP contribution in [-0.4, -0.2) is 71.5 Å². The molecule has 0 spiro atoms. The maximum absolute atomic E-state index is 11.6. The van der Waals surface area contributed by atoms with Gasteiger partial charge >= 0.3 is 5.97 Å². The van der Waals surface area contributed by atoms with Gasteiger partial charge in [0.2, 0.25) is 0 Å². The molecule has 0 radical (unpaired) electrons. The van der Waals surface area contributed by atoms with Gasteiger partial charge in [0.25, 0.3) is 0 Å². The second-order valence-corrected chi connectivity index (χ2v) is 4.44. The maximum atomic E-state index is 11.6. The quantitative estimate of drug-likeness (QED) is 0.413. The lowest BCUT2D eigenvalue weighted by atomic mass is 10.2. The van der Waals surface area contributed by atoms with Gasteiger partial charge in [-0.15, -0.1) is 0 Å². The second-order valence-electron chi connectivity index (χ2n) is 4.44. The summed E-state index contributed by atoms with van der Waals surface area (Å²) in [6, 6.07) is 0. The van der Waals surface area contributed by atoms with Gasteiger partial charge in [-0.25, -0.2) is 4.79 Å². The van der Waals surface area contributed by atoms with Crippen LogP contribution in [0.15, 0.2) is 0 Å². The predicted molar refractivity (Wildman–Crippen MR) is 71.4 cm³/mol. The molecule has 1 saturated heterocycles. The summed E-state index contributed by atoms with van der Waals surface area (Å²) in [4.78, 5) is 11.6. The molecule has 1 heterocycles. The third-order valence-corrected chi connectivity index (χ3v) is 2.91. The first kappa shape index (κ1) is 17.3. The number of rotatable bonds is 11. The van der Waals surface area contributed by atoms with E-state index in [1.54, 1.807) is 7.11 Å². The highest BCUT2D eigenvalue weighted by Crippen LogP contribution is 2.19. The van der Waals surface area contributed by atoms with E-state index in [4.69, 9.17) is 29.4 Å². The fourth-order valence-corrected chi connectivity index (χ4v) is 1.81. The summed E-state index contributed by atoms with van der Waals surface area (Å²) in [6.07, 6.45) is 0.995. The Bertz CT molecular complexity index is 263. The summed E-state index contributed by atoms with van der Waals surface area (Å²) in [6.45, 7) is 3.11. The number of hydrogen-bond donors (Lipinski definition) is 1. The first-order chi connectivity index (χ1) is 9.77. The molecule has 2 N–H and O–H groups in total. The average Bonchev–Trinajstić information content (AvgIpc) is 2.94. The zero-order valence-electron chi connectivity index (χ0n) is 12.0. The van der Waals surface area contributed by atoms with Crippen LogP contribution in [0.2, 0.25) is 0 Å². The monoisotopic (exact) mass is 291 g/mol. The number of hydrogen-bond acceptors (Lipinski definition) is 7. The van der Waals surface area contributed by atoms with Crippen molar-refractivity contribution in [1.29, 1.82) is 0 Å². The van der Waals surface area contributed by atoms with Gasteiger partial charge in [0.15, 0.2) is 6.10 Å². The van der Waals surface area contributed by atoms with Crippen LogP contribution >= 0.6 is 0 Å². The largest absolute Gasteiger partial charge is 0.461 e. The van der Waals surface area contributed by atoms with Gasteiger partial charge in [0, 0.05) is 13.7 Å². The zero-order valence-corrected chi connectivity index (χ0v) is 12.0. The minimum Gasteiger partial charge on any atom is -0.461 e. The third kappa shape index (κ3) is 7.16. The van der Waals surface area contributed by atoms with E-state index in [-0.39, 0.29) is 18.7 Å². The lowest BCUT2D eigenvalue weighted by molar-refractivity contribution is -0.157. The van der Waals surface area contributed by atoms with Crippen LogP contribution in [0.4, 0.5) is 0 Å². The molecule has 7 heteroatoms. The summed E-state index contributed by atoms with van der Waals surface area (Å²) in [5.74, 6) is -0.333. The molecule has 0 aromatic carbocycles. The highest BCUT2D eigenvalue weighted by molar-refractivity contribution is 5.74. The fourth-order valence-electron chi connectivity index (χ4n) is 1.81. The molecule has 2 unspecified atom stereocenters. The lowest BCUT2D eigenvalue weighted by Crippen LogP contribution is -2.27. The molecular formula is C13H25NO6. The zero-order chi connectivity index (χ0) is 14.6. The normalized spacial score (nSPS) is 22.1. The van der Waals surface area contributed by atoms with Gasteiger partial charge in [0.1, 0.15) is 6.61 Å². The molecule has 1 fully saturated rings. The molecule has 1 aliphatic rings. The third-order valence-electron chi connectivity index (χ3n) is 2.91. The van der Waals surface area contributed by atoms with E-state index >= 15 is 0 Å². The number of carbonyl (C=O) groups is 1. The first-order valence-electron chi connectivity index (χ1n) is 6.94. The Hall–Kier alpha value is -0.730. The molecule has 7 nitrogen and oxygen atoms in total. The van der Waals surface area contributed by atoms with Crippen LogP contribution in [0.5, 0.6) is 0 Å². The van der Waals surface area contributed by atoms with E-state index in [1.807, 2.05) is 0 Å². The van der Waals surface area contributed by atoms with Gasteiger partial charge in [-0.2, -0.15) is 0 Å². The van der Waals surface area contributed by atoms with Gasteiger partial charge in [-0.05, 0) is 12.8 Å². The fraction of sp³-hybridized carbons (Fsp3) is 0.923. The van der Waals surface area contributed by atoms with Crippen molar-refractivity contribution in [3.8, 4) is 0 Å². The van der Waals surface area contributed by atoms with Gasteiger partial charge < -0.3 is 29.4 Å². The van der Waals surface area contributed by atoms with Crippen molar-refractivity contribution in [3.63, 3.8) is 0 Å². The molecule has 118 valence electrons. The molecule has 0 aliphatic carbocycles. The molecule has 20 heavy (non-hydrogen) atoms. The first-order valence-corrected chi connectivity index (χ1v) is 6.94. The molecule has 0 saturated carbocycles. The Kier molecular flexibility index (Phi) is 9.52. The summed E-state index contributed by atoms with van der Waals surface area (Å²) in [7, 11) is 1.62. The van der Waals surface area contributed by atoms with E-state index in [0.717, 1.165) is 6.42 Å². The SMILES string of the molecule is COCCOCCOCCOC(=O)C1CCC(CN)O1. The van der Waals surface area contributed by atoms with Gasteiger partial charge in [0.05, 0.1) is 39.1 Å². The van der Waals surface area contributed by atoms with Crippen LogP contribution in [0.3, 0.4) is 0 Å². The standard InChI is InChI=1S/C13H25NO6/c1-16-4-5-17-6-7-18-8-9-19-13(15)12-3-2-11(10-14)20-12/h11-12H,2-10,14H2,1H3. The van der Waals surface area contributed by atoms with Crippen molar-refractivity contribution in [2.45, 2.75) is 25.0 Å². The van der Waals surface area contributed by atoms with Crippen LogP contribution < -0.4 is 5.73 Å². The molecule has 1 rings (SSSR count). The number of methoxy groups -OCH3 is 1. The second kappa shape index (κ2) is 11.0. The van der Waals surface area contributed by atoms with E-state index in [9.17, 15) is 4.79 Å². The summed E-state index contributed by atoms with van der Waals surface area (Å²) in [5.41, 5.74) is 5.48. The highest BCUT2D eigenvalue weighted by atomic mass is 16.6. The predicted octanol–water partition coefficient (Wildman–Crippen LogP) is -0.284. The molecule has 0 aromatic rings. The number of nitrogens with two attached hydrogens (primary N) is 1. The van der Waals surface area contributed by atoms with Crippen molar-refractivity contribution in [1.82, 2.24) is 0 Å². The van der Waals surface area contributed by atoms with E-state index < -0.39 is 6.10 Å². The number of carbonyl (C=O) groups excluding carboxylic acids is 1. The van der Waals surface area contributed by atoms with Crippen molar-refractivity contribution in [2.24, 2.45) is 5.73 Å². The van der Waals surface area contributed by atoms with Crippen LogP contribution in [0.1, 0.15) is 12.8 Å². The molecule has 1 aliphatic heterocycles. The highest BCUT2D eigenvalue weighted by Gasteiger charge is 2.30. The average molecular weight is 291 g/mol. The van der Waals surface area contributed by atoms with Gasteiger partial charge in [-0.1, -0.05) is 0 Å². The molecular weight excluding hydrogens is 266 g/mol. The molecule has 0 aromatic heterocycles. The van der Waals surface area contributed by atoms with Crippen LogP contribution in [0.25, 0.3) is 0 Å². The Morgan fingerprint density at radius 1 is 1.10 bits per heavy atom. The minimum atomic E-state index is -0.471. The summed E-state index contributed by atoms with van der Waals surface area (Å²) >= 11 is 0. The minimum absolute atomic E-state index is 0.0203. The summed E-state index contributed by atoms with van der Waals surface area (Å²) < 4.78 is 25.8. The van der Waals surface area contributed by atoms with Crippen molar-refractivity contribution < 1.29 is 28.5 Å². The number of esters is 1. The van der Waals surface area contributed by atoms with Crippen molar-refractivity contribution in [3.05, 3.63) is 0 Å². The van der Waals surface area contributed by atoms with E-state index in [0.29, 0.717) is 46.0 Å². The van der Waals surface area contributed by atoms with Crippen LogP contribution in [-0.2, 0) is 28.5 Å². The number of ether oxygens (including phenoxy) is 5. The smallest absolute Gasteiger partial charge is 0.335 e. The summed E-state index contributed by atoms with van der Waals surface area (Å²) in [5, 5.41) is 0. The Morgan fingerprint density at radius 3 is 2.35 bits per heavy atom. The Balaban J connectivity index is 1.90. The maximum Gasteiger partial charge on any atom is 0.335 e. The molecule has 0 bridgehead atoms. The lowest BCUT2D eigenvalue weighted by Gasteiger charge is -2.12. The van der Waals surface area contributed by atoms with Crippen LogP contribution in [0, 0.1) is 0 Å². The Labute approximate surface area is 119 Å². The van der Waals surface area contributed by atoms with Gasteiger partial charge in [-0.3, -0.25) is 0 Å². The Morgan fingerprint density at radius 2 is 1.75 bits per heavy atom.